The summed E-state index contributed by atoms with van der Waals surface area (Å²) >= 11 is 1.67. The van der Waals surface area contributed by atoms with Crippen molar-refractivity contribution in [2.45, 2.75) is 106 Å². The molecule has 0 saturated heterocycles. The minimum Gasteiger partial charge on any atom is -0.460 e. The van der Waals surface area contributed by atoms with Crippen LogP contribution >= 0.6 is 11.3 Å². The van der Waals surface area contributed by atoms with Gasteiger partial charge >= 0.3 is 5.97 Å². The Bertz CT molecular complexity index is 1600. The first-order chi connectivity index (χ1) is 22.2. The van der Waals surface area contributed by atoms with E-state index in [2.05, 4.69) is 58.2 Å². The van der Waals surface area contributed by atoms with Crippen LogP contribution in [0, 0.1) is 50.2 Å². The van der Waals surface area contributed by atoms with Gasteiger partial charge in [-0.05, 0) is 133 Å². The molecule has 5 heteroatoms. The molecule has 0 aliphatic heterocycles. The monoisotopic (exact) mass is 654 g/mol. The number of aliphatic hydroxyl groups is 1. The number of allylic oxidation sites excluding steroid dienone is 3. The number of hydrogen-bond acceptors (Lipinski definition) is 5. The van der Waals surface area contributed by atoms with Crippen LogP contribution in [0.3, 0.4) is 0 Å². The van der Waals surface area contributed by atoms with E-state index in [0.717, 1.165) is 73.8 Å². The minimum atomic E-state index is -0.778. The van der Waals surface area contributed by atoms with Crippen LogP contribution in [0.25, 0.3) is 6.08 Å². The van der Waals surface area contributed by atoms with E-state index in [-0.39, 0.29) is 51.9 Å². The third-order valence-electron chi connectivity index (χ3n) is 14.9. The lowest BCUT2D eigenvalue weighted by atomic mass is 9.33. The van der Waals surface area contributed by atoms with Crippen LogP contribution in [0.5, 0.6) is 0 Å². The van der Waals surface area contributed by atoms with Crippen molar-refractivity contribution in [3.63, 3.8) is 0 Å². The Morgan fingerprint density at radius 1 is 0.957 bits per heavy atom. The Morgan fingerprint density at radius 2 is 1.70 bits per heavy atom. The van der Waals surface area contributed by atoms with Gasteiger partial charge in [0.05, 0.1) is 17.4 Å². The van der Waals surface area contributed by atoms with Gasteiger partial charge in [-0.2, -0.15) is 0 Å². The number of Topliss-reactive ketones (excluding diaryl/α,β-unsaturated/α-hetero) is 1. The Balaban J connectivity index is 1.27. The molecule has 1 heterocycles. The van der Waals surface area contributed by atoms with Crippen LogP contribution in [0.15, 0.2) is 65.1 Å². The third-order valence-corrected chi connectivity index (χ3v) is 15.7. The SMILES string of the molecule is CC1(C)CC[C@]2(C(=O)OCc3ccccc3)CC[C@]3(C)C(=CC[C@@H]4[C@@]5(C)C/C(=C/c6cccs6)C(=O)[C@@](C)(CO)[C@@H]5CC[C@]43C)[C@@H]2C1. The normalized spacial score (nSPS) is 41.6. The fourth-order valence-electron chi connectivity index (χ4n) is 12.0. The summed E-state index contributed by atoms with van der Waals surface area (Å²) in [5, 5.41) is 13.0. The Kier molecular flexibility index (Phi) is 7.92. The molecule has 0 unspecified atom stereocenters. The number of fused-ring (bicyclic) bond motifs is 7. The molecule has 252 valence electrons. The van der Waals surface area contributed by atoms with E-state index in [0.29, 0.717) is 12.5 Å². The van der Waals surface area contributed by atoms with Gasteiger partial charge in [-0.15, -0.1) is 11.3 Å². The van der Waals surface area contributed by atoms with E-state index >= 15 is 0 Å². The summed E-state index contributed by atoms with van der Waals surface area (Å²) in [6, 6.07) is 14.2. The zero-order chi connectivity index (χ0) is 33.5. The maximum atomic E-state index is 14.3. The van der Waals surface area contributed by atoms with E-state index in [9.17, 15) is 14.7 Å². The number of carbonyl (C=O) groups excluding carboxylic acids is 2. The first kappa shape index (κ1) is 33.0. The van der Waals surface area contributed by atoms with Gasteiger partial charge in [0, 0.05) is 4.88 Å². The molecular weight excluding hydrogens is 601 g/mol. The molecule has 47 heavy (non-hydrogen) atoms. The molecule has 0 bridgehead atoms. The van der Waals surface area contributed by atoms with Crippen molar-refractivity contribution in [3.8, 4) is 0 Å². The van der Waals surface area contributed by atoms with Crippen LogP contribution in [0.1, 0.15) is 110 Å². The van der Waals surface area contributed by atoms with Gasteiger partial charge in [0.2, 0.25) is 0 Å². The average molecular weight is 655 g/mol. The van der Waals surface area contributed by atoms with E-state index in [1.165, 1.54) is 5.57 Å². The Morgan fingerprint density at radius 3 is 2.40 bits per heavy atom. The Labute approximate surface area is 286 Å². The summed E-state index contributed by atoms with van der Waals surface area (Å²) in [5.41, 5.74) is 2.21. The quantitative estimate of drug-likeness (QED) is 0.198. The predicted molar refractivity (Wildman–Crippen MR) is 189 cm³/mol. The fourth-order valence-corrected chi connectivity index (χ4v) is 12.7. The van der Waals surface area contributed by atoms with Gasteiger partial charge in [0.1, 0.15) is 6.61 Å². The second kappa shape index (κ2) is 11.3. The molecule has 4 nitrogen and oxygen atoms in total. The Hall–Kier alpha value is -2.50. The molecule has 1 aromatic carbocycles. The van der Waals surface area contributed by atoms with Crippen molar-refractivity contribution in [1.82, 2.24) is 0 Å². The number of ether oxygens (including phenoxy) is 1. The van der Waals surface area contributed by atoms with E-state index in [1.807, 2.05) is 43.3 Å². The molecule has 1 aromatic heterocycles. The molecular formula is C42H54O4S. The van der Waals surface area contributed by atoms with Gasteiger partial charge in [-0.25, -0.2) is 0 Å². The average Bonchev–Trinajstić information content (AvgIpc) is 3.56. The largest absolute Gasteiger partial charge is 0.460 e. The highest BCUT2D eigenvalue weighted by Gasteiger charge is 2.70. The van der Waals surface area contributed by atoms with E-state index in [4.69, 9.17) is 4.74 Å². The maximum Gasteiger partial charge on any atom is 0.313 e. The van der Waals surface area contributed by atoms with Crippen molar-refractivity contribution in [2.24, 2.45) is 50.2 Å². The van der Waals surface area contributed by atoms with Crippen LogP contribution in [0.2, 0.25) is 0 Å². The minimum absolute atomic E-state index is 0.000566. The fraction of sp³-hybridized carbons (Fsp3) is 0.619. The number of rotatable bonds is 5. The van der Waals surface area contributed by atoms with Crippen molar-refractivity contribution >= 4 is 29.2 Å². The third kappa shape index (κ3) is 4.83. The van der Waals surface area contributed by atoms with Crippen molar-refractivity contribution in [1.29, 1.82) is 0 Å². The first-order valence-corrected chi connectivity index (χ1v) is 18.9. The maximum absolute atomic E-state index is 14.3. The molecule has 8 atom stereocenters. The number of carbonyl (C=O) groups is 2. The number of aliphatic hydroxyl groups excluding tert-OH is 1. The molecule has 5 aliphatic carbocycles. The summed E-state index contributed by atoms with van der Waals surface area (Å²) in [5.74, 6) is 0.831. The highest BCUT2D eigenvalue weighted by Crippen LogP contribution is 2.76. The summed E-state index contributed by atoms with van der Waals surface area (Å²) < 4.78 is 6.20. The zero-order valence-corrected chi connectivity index (χ0v) is 30.2. The van der Waals surface area contributed by atoms with Crippen LogP contribution in [-0.4, -0.2) is 23.5 Å². The molecule has 1 N–H and O–H groups in total. The highest BCUT2D eigenvalue weighted by molar-refractivity contribution is 7.10. The number of hydrogen-bond donors (Lipinski definition) is 1. The number of ketones is 1. The van der Waals surface area contributed by atoms with Crippen LogP contribution in [-0.2, 0) is 20.9 Å². The van der Waals surface area contributed by atoms with Crippen LogP contribution in [0.4, 0.5) is 0 Å². The molecule has 7 rings (SSSR count). The van der Waals surface area contributed by atoms with Gasteiger partial charge in [-0.1, -0.05) is 82.7 Å². The summed E-state index contributed by atoms with van der Waals surface area (Å²) in [6.07, 6.45) is 13.2. The summed E-state index contributed by atoms with van der Waals surface area (Å²) in [4.78, 5) is 29.5. The van der Waals surface area contributed by atoms with Gasteiger partial charge in [-0.3, -0.25) is 9.59 Å². The number of thiophene rings is 1. The second-order valence-corrected chi connectivity index (χ2v) is 18.7. The number of esters is 1. The van der Waals surface area contributed by atoms with Crippen molar-refractivity contribution in [2.75, 3.05) is 6.61 Å². The lowest BCUT2D eigenvalue weighted by Gasteiger charge is -2.70. The molecule has 2 aromatic rings. The molecule has 0 radical (unpaired) electrons. The summed E-state index contributed by atoms with van der Waals surface area (Å²) in [7, 11) is 0. The van der Waals surface area contributed by atoms with Crippen molar-refractivity contribution < 1.29 is 19.4 Å². The lowest BCUT2D eigenvalue weighted by molar-refractivity contribution is -0.191. The van der Waals surface area contributed by atoms with E-state index < -0.39 is 10.8 Å². The van der Waals surface area contributed by atoms with E-state index in [1.54, 1.807) is 11.3 Å². The lowest BCUT2D eigenvalue weighted by Crippen LogP contribution is -2.65. The smallest absolute Gasteiger partial charge is 0.313 e. The molecule has 0 spiro atoms. The predicted octanol–water partition coefficient (Wildman–Crippen LogP) is 9.83. The van der Waals surface area contributed by atoms with Gasteiger partial charge in [0.15, 0.2) is 5.78 Å². The van der Waals surface area contributed by atoms with Gasteiger partial charge < -0.3 is 9.84 Å². The first-order valence-electron chi connectivity index (χ1n) is 18.0. The van der Waals surface area contributed by atoms with Crippen LogP contribution < -0.4 is 0 Å². The van der Waals surface area contributed by atoms with Gasteiger partial charge in [0.25, 0.3) is 0 Å². The zero-order valence-electron chi connectivity index (χ0n) is 29.4. The summed E-state index contributed by atoms with van der Waals surface area (Å²) in [6.45, 7) is 14.5. The second-order valence-electron chi connectivity index (χ2n) is 17.7. The molecule has 4 fully saturated rings. The number of benzene rings is 1. The molecule has 5 aliphatic rings. The van der Waals surface area contributed by atoms with Crippen molar-refractivity contribution in [3.05, 3.63) is 75.5 Å². The standard InChI is InChI=1S/C42H54O4S/c1-37(2)18-20-42(36(45)46-26-28-11-8-7-9-12-28)21-19-40(5)31(32(42)25-37)14-15-34-38(3)24-29(23-30-13-10-22-47-30)35(44)39(4,27-43)33(38)16-17-41(34,40)6/h7-14,22-23,32-34,43H,15-21,24-27H2,1-6H3/b29-23-/t32-,33+,34+,38-,39-,40+,41+,42-/m0/s1. The molecule has 0 amide bonds. The highest BCUT2D eigenvalue weighted by atomic mass is 32.1. The molecule has 4 saturated carbocycles. The topological polar surface area (TPSA) is 63.6 Å².